The predicted molar refractivity (Wildman–Crippen MR) is 65.1 cm³/mol. The Hall–Kier alpha value is -1.07. The summed E-state index contributed by atoms with van der Waals surface area (Å²) >= 11 is 0. The number of hydrogen-bond donors (Lipinski definition) is 2. The molecule has 16 heavy (non-hydrogen) atoms. The molecule has 0 saturated heterocycles. The quantitative estimate of drug-likeness (QED) is 0.636. The van der Waals surface area contributed by atoms with Crippen LogP contribution in [0.5, 0.6) is 0 Å². The zero-order valence-corrected chi connectivity index (χ0v) is 9.97. The Balaban J connectivity index is 2.08. The molecule has 0 saturated carbocycles. The van der Waals surface area contributed by atoms with Crippen LogP contribution in [0, 0.1) is 0 Å². The normalized spacial score (nSPS) is 11.2. The predicted octanol–water partition coefficient (Wildman–Crippen LogP) is 0.560. The van der Waals surface area contributed by atoms with Crippen LogP contribution in [0.1, 0.15) is 19.3 Å². The number of aliphatic hydroxyl groups excluding tert-OH is 1. The van der Waals surface area contributed by atoms with Gasteiger partial charge in [-0.05, 0) is 32.9 Å². The second-order valence-corrected chi connectivity index (χ2v) is 4.12. The first-order valence-electron chi connectivity index (χ1n) is 5.79. The summed E-state index contributed by atoms with van der Waals surface area (Å²) in [5.74, 6) is 0. The number of nitrogens with zero attached hydrogens (tertiary/aromatic N) is 3. The van der Waals surface area contributed by atoms with Gasteiger partial charge in [0.1, 0.15) is 0 Å². The molecule has 0 aliphatic carbocycles. The molecule has 0 atom stereocenters. The summed E-state index contributed by atoms with van der Waals surface area (Å²) in [6.07, 6.45) is 6.65. The molecule has 3 N–H and O–H groups in total. The van der Waals surface area contributed by atoms with Crippen LogP contribution in [0.3, 0.4) is 0 Å². The topological polar surface area (TPSA) is 67.3 Å². The molecule has 92 valence electrons. The van der Waals surface area contributed by atoms with E-state index in [1.54, 1.807) is 6.20 Å². The van der Waals surface area contributed by atoms with Crippen molar-refractivity contribution in [2.75, 3.05) is 32.5 Å². The first-order chi connectivity index (χ1) is 7.72. The second kappa shape index (κ2) is 7.24. The van der Waals surface area contributed by atoms with Gasteiger partial charge in [-0.15, -0.1) is 0 Å². The van der Waals surface area contributed by atoms with Gasteiger partial charge >= 0.3 is 0 Å². The molecule has 0 aliphatic rings. The molecule has 0 amide bonds. The lowest BCUT2D eigenvalue weighted by Gasteiger charge is -2.16. The molecule has 1 aromatic rings. The molecular formula is C11H22N4O. The Morgan fingerprint density at radius 2 is 2.19 bits per heavy atom. The van der Waals surface area contributed by atoms with E-state index >= 15 is 0 Å². The van der Waals surface area contributed by atoms with E-state index in [1.807, 2.05) is 10.9 Å². The summed E-state index contributed by atoms with van der Waals surface area (Å²) in [5.41, 5.74) is 6.29. The molecular weight excluding hydrogens is 204 g/mol. The largest absolute Gasteiger partial charge is 0.396 e. The molecule has 0 spiro atoms. The lowest BCUT2D eigenvalue weighted by Crippen LogP contribution is -2.24. The number of hydrogen-bond acceptors (Lipinski definition) is 4. The Morgan fingerprint density at radius 3 is 2.81 bits per heavy atom. The summed E-state index contributed by atoms with van der Waals surface area (Å²) in [4.78, 5) is 2.27. The summed E-state index contributed by atoms with van der Waals surface area (Å²) in [5, 5.41) is 12.8. The van der Waals surface area contributed by atoms with Gasteiger partial charge in [-0.2, -0.15) is 5.10 Å². The Labute approximate surface area is 96.9 Å². The summed E-state index contributed by atoms with van der Waals surface area (Å²) in [7, 11) is 2.10. The highest BCUT2D eigenvalue weighted by Crippen LogP contribution is 1.99. The minimum atomic E-state index is 0.302. The van der Waals surface area contributed by atoms with Crippen molar-refractivity contribution in [3.8, 4) is 0 Å². The summed E-state index contributed by atoms with van der Waals surface area (Å²) in [6, 6.07) is 0. The third-order valence-electron chi connectivity index (χ3n) is 2.56. The lowest BCUT2D eigenvalue weighted by molar-refractivity contribution is 0.269. The number of unbranched alkanes of at least 4 members (excludes halogenated alkanes) is 2. The molecule has 0 aliphatic heterocycles. The average Bonchev–Trinajstić information content (AvgIpc) is 2.68. The van der Waals surface area contributed by atoms with Gasteiger partial charge in [-0.25, -0.2) is 0 Å². The van der Waals surface area contributed by atoms with Crippen LogP contribution in [0.25, 0.3) is 0 Å². The van der Waals surface area contributed by atoms with Crippen LogP contribution in [-0.4, -0.2) is 46.5 Å². The van der Waals surface area contributed by atoms with E-state index in [9.17, 15) is 0 Å². The Bertz CT molecular complexity index is 287. The smallest absolute Gasteiger partial charge is 0.0719 e. The van der Waals surface area contributed by atoms with Gasteiger partial charge in [0.25, 0.3) is 0 Å². The van der Waals surface area contributed by atoms with Gasteiger partial charge in [-0.1, -0.05) is 0 Å². The molecule has 0 aromatic carbocycles. The van der Waals surface area contributed by atoms with Crippen molar-refractivity contribution in [3.63, 3.8) is 0 Å². The van der Waals surface area contributed by atoms with Gasteiger partial charge in [0.15, 0.2) is 0 Å². The minimum absolute atomic E-state index is 0.302. The molecule has 5 heteroatoms. The monoisotopic (exact) mass is 226 g/mol. The first kappa shape index (κ1) is 13.0. The van der Waals surface area contributed by atoms with Crippen LogP contribution in [0.4, 0.5) is 5.69 Å². The molecule has 0 bridgehead atoms. The van der Waals surface area contributed by atoms with E-state index in [-0.39, 0.29) is 0 Å². The van der Waals surface area contributed by atoms with Crippen molar-refractivity contribution in [2.45, 2.75) is 25.8 Å². The fourth-order valence-electron chi connectivity index (χ4n) is 1.56. The Kier molecular flexibility index (Phi) is 5.88. The lowest BCUT2D eigenvalue weighted by atomic mass is 10.2. The highest BCUT2D eigenvalue weighted by Gasteiger charge is 1.99. The highest BCUT2D eigenvalue weighted by atomic mass is 16.2. The number of anilines is 1. The number of nitrogens with two attached hydrogens (primary N) is 1. The molecule has 5 nitrogen and oxygen atoms in total. The third-order valence-corrected chi connectivity index (χ3v) is 2.56. The van der Waals surface area contributed by atoms with Gasteiger partial charge in [0, 0.05) is 19.3 Å². The SMILES string of the molecule is CN(CCCCCO)CCn1cc(N)cn1. The van der Waals surface area contributed by atoms with Crippen molar-refractivity contribution in [3.05, 3.63) is 12.4 Å². The van der Waals surface area contributed by atoms with Crippen molar-refractivity contribution < 1.29 is 5.11 Å². The van der Waals surface area contributed by atoms with E-state index in [0.717, 1.165) is 38.9 Å². The second-order valence-electron chi connectivity index (χ2n) is 4.12. The first-order valence-corrected chi connectivity index (χ1v) is 5.79. The van der Waals surface area contributed by atoms with E-state index in [2.05, 4.69) is 17.0 Å². The molecule has 1 aromatic heterocycles. The van der Waals surface area contributed by atoms with Crippen molar-refractivity contribution in [1.82, 2.24) is 14.7 Å². The fourth-order valence-corrected chi connectivity index (χ4v) is 1.56. The third kappa shape index (κ3) is 5.14. The zero-order chi connectivity index (χ0) is 11.8. The van der Waals surface area contributed by atoms with Crippen LogP contribution in [0.2, 0.25) is 0 Å². The van der Waals surface area contributed by atoms with E-state index in [4.69, 9.17) is 10.8 Å². The maximum absolute atomic E-state index is 8.65. The van der Waals surface area contributed by atoms with Gasteiger partial charge in [0.05, 0.1) is 18.4 Å². The van der Waals surface area contributed by atoms with Crippen molar-refractivity contribution in [2.24, 2.45) is 0 Å². The van der Waals surface area contributed by atoms with Gasteiger partial charge < -0.3 is 15.7 Å². The number of aliphatic hydroxyl groups is 1. The summed E-state index contributed by atoms with van der Waals surface area (Å²) < 4.78 is 1.86. The van der Waals surface area contributed by atoms with Crippen LogP contribution in [0.15, 0.2) is 12.4 Å². The van der Waals surface area contributed by atoms with Crippen molar-refractivity contribution >= 4 is 5.69 Å². The molecule has 1 rings (SSSR count). The molecule has 0 fully saturated rings. The minimum Gasteiger partial charge on any atom is -0.396 e. The van der Waals surface area contributed by atoms with E-state index < -0.39 is 0 Å². The summed E-state index contributed by atoms with van der Waals surface area (Å²) in [6.45, 7) is 3.21. The number of rotatable bonds is 8. The van der Waals surface area contributed by atoms with Crippen LogP contribution in [-0.2, 0) is 6.54 Å². The standard InChI is InChI=1S/C11H22N4O/c1-14(5-3-2-4-8-16)6-7-15-10-11(12)9-13-15/h9-10,16H,2-8,12H2,1H3. The van der Waals surface area contributed by atoms with Crippen LogP contribution < -0.4 is 5.73 Å². The number of aromatic nitrogens is 2. The van der Waals surface area contributed by atoms with Gasteiger partial charge in [0.2, 0.25) is 0 Å². The molecule has 0 unspecified atom stereocenters. The fraction of sp³-hybridized carbons (Fsp3) is 0.727. The van der Waals surface area contributed by atoms with Crippen molar-refractivity contribution in [1.29, 1.82) is 0 Å². The zero-order valence-electron chi connectivity index (χ0n) is 9.97. The Morgan fingerprint density at radius 1 is 1.38 bits per heavy atom. The highest BCUT2D eigenvalue weighted by molar-refractivity contribution is 5.30. The van der Waals surface area contributed by atoms with Gasteiger partial charge in [-0.3, -0.25) is 4.68 Å². The maximum atomic E-state index is 8.65. The number of nitrogen functional groups attached to an aromatic ring is 1. The number of likely N-dealkylation sites (N-methyl/N-ethyl adjacent to an activating group) is 1. The van der Waals surface area contributed by atoms with E-state index in [0.29, 0.717) is 12.3 Å². The van der Waals surface area contributed by atoms with E-state index in [1.165, 1.54) is 0 Å². The van der Waals surface area contributed by atoms with Crippen LogP contribution >= 0.6 is 0 Å². The molecule has 1 heterocycles. The maximum Gasteiger partial charge on any atom is 0.0719 e. The molecule has 0 radical (unpaired) electrons. The average molecular weight is 226 g/mol.